The molecule has 0 radical (unpaired) electrons. The lowest BCUT2D eigenvalue weighted by Gasteiger charge is -2.33. The maximum absolute atomic E-state index is 13.2. The van der Waals surface area contributed by atoms with Gasteiger partial charge in [-0.2, -0.15) is 0 Å². The van der Waals surface area contributed by atoms with Gasteiger partial charge in [-0.1, -0.05) is 0 Å². The van der Waals surface area contributed by atoms with Gasteiger partial charge in [-0.3, -0.25) is 4.79 Å². The number of carbonyl (C=O) groups excluding carboxylic acids is 1. The number of amides is 1. The molecule has 2 aliphatic heterocycles. The Balaban J connectivity index is 1.45. The molecule has 1 unspecified atom stereocenters. The first-order valence-electron chi connectivity index (χ1n) is 8.09. The van der Waals surface area contributed by atoms with Crippen molar-refractivity contribution < 1.29 is 13.6 Å². The maximum Gasteiger partial charge on any atom is 0.251 e. The number of hydrogen-bond donors (Lipinski definition) is 1. The number of halogens is 2. The summed E-state index contributed by atoms with van der Waals surface area (Å²) in [6, 6.07) is 0. The highest BCUT2D eigenvalue weighted by Crippen LogP contribution is 2.31. The van der Waals surface area contributed by atoms with E-state index >= 15 is 0 Å². The summed E-state index contributed by atoms with van der Waals surface area (Å²) < 4.78 is 26.5. The van der Waals surface area contributed by atoms with Gasteiger partial charge in [-0.05, 0) is 6.42 Å². The molecule has 128 valence electrons. The summed E-state index contributed by atoms with van der Waals surface area (Å²) in [4.78, 5) is 31.7. The van der Waals surface area contributed by atoms with Gasteiger partial charge in [-0.15, -0.1) is 0 Å². The van der Waals surface area contributed by atoms with Crippen LogP contribution < -0.4 is 4.90 Å². The SMILES string of the molecule is O=C(C1CCN(c2ncnc3nc[nH]c23)C1)N1CCC(F)(F)CC1. The highest BCUT2D eigenvalue weighted by molar-refractivity contribution is 5.84. The van der Waals surface area contributed by atoms with Crippen molar-refractivity contribution in [2.75, 3.05) is 31.1 Å². The summed E-state index contributed by atoms with van der Waals surface area (Å²) in [6.07, 6.45) is 3.24. The number of likely N-dealkylation sites (tertiary alicyclic amines) is 1. The summed E-state index contributed by atoms with van der Waals surface area (Å²) in [5.41, 5.74) is 1.34. The molecule has 1 amide bonds. The first-order valence-corrected chi connectivity index (χ1v) is 8.09. The van der Waals surface area contributed by atoms with Crippen molar-refractivity contribution in [3.8, 4) is 0 Å². The number of piperidine rings is 1. The molecule has 7 nitrogen and oxygen atoms in total. The van der Waals surface area contributed by atoms with Crippen molar-refractivity contribution in [3.63, 3.8) is 0 Å². The Morgan fingerprint density at radius 2 is 2.00 bits per heavy atom. The van der Waals surface area contributed by atoms with Gasteiger partial charge >= 0.3 is 0 Å². The van der Waals surface area contributed by atoms with Gasteiger partial charge < -0.3 is 14.8 Å². The van der Waals surface area contributed by atoms with Crippen LogP contribution in [0.1, 0.15) is 19.3 Å². The number of fused-ring (bicyclic) bond motifs is 1. The second-order valence-electron chi connectivity index (χ2n) is 6.41. The van der Waals surface area contributed by atoms with Gasteiger partial charge in [0, 0.05) is 39.0 Å². The van der Waals surface area contributed by atoms with Gasteiger partial charge in [-0.25, -0.2) is 23.7 Å². The Morgan fingerprint density at radius 1 is 1.21 bits per heavy atom. The molecule has 2 saturated heterocycles. The second-order valence-corrected chi connectivity index (χ2v) is 6.41. The van der Waals surface area contributed by atoms with E-state index in [-0.39, 0.29) is 37.8 Å². The van der Waals surface area contributed by atoms with Crippen LogP contribution >= 0.6 is 0 Å². The molecule has 1 atom stereocenters. The third-order valence-corrected chi connectivity index (χ3v) is 4.85. The van der Waals surface area contributed by atoms with Gasteiger partial charge in [0.2, 0.25) is 5.91 Å². The molecule has 0 saturated carbocycles. The second kappa shape index (κ2) is 5.64. The minimum absolute atomic E-state index is 0.0251. The van der Waals surface area contributed by atoms with Crippen molar-refractivity contribution >= 4 is 22.9 Å². The van der Waals surface area contributed by atoms with E-state index in [4.69, 9.17) is 0 Å². The Bertz CT molecular complexity index is 753. The van der Waals surface area contributed by atoms with Gasteiger partial charge in [0.15, 0.2) is 11.5 Å². The number of rotatable bonds is 2. The molecule has 2 aromatic rings. The zero-order valence-corrected chi connectivity index (χ0v) is 13.1. The molecule has 4 rings (SSSR count). The fourth-order valence-electron chi connectivity index (χ4n) is 3.46. The number of aromatic amines is 1. The molecule has 0 bridgehead atoms. The van der Waals surface area contributed by atoms with Crippen LogP contribution in [-0.2, 0) is 4.79 Å². The zero-order valence-electron chi connectivity index (χ0n) is 13.1. The van der Waals surface area contributed by atoms with Gasteiger partial charge in [0.25, 0.3) is 5.92 Å². The molecular weight excluding hydrogens is 318 g/mol. The van der Waals surface area contributed by atoms with Crippen LogP contribution in [0, 0.1) is 5.92 Å². The van der Waals surface area contributed by atoms with Crippen molar-refractivity contribution in [1.29, 1.82) is 0 Å². The van der Waals surface area contributed by atoms with E-state index in [0.29, 0.717) is 25.2 Å². The molecule has 2 aliphatic rings. The minimum Gasteiger partial charge on any atom is -0.354 e. The van der Waals surface area contributed by atoms with Crippen molar-refractivity contribution in [2.45, 2.75) is 25.2 Å². The number of nitrogens with zero attached hydrogens (tertiary/aromatic N) is 5. The third kappa shape index (κ3) is 2.67. The zero-order chi connectivity index (χ0) is 16.7. The summed E-state index contributed by atoms with van der Waals surface area (Å²) >= 11 is 0. The van der Waals surface area contributed by atoms with Crippen LogP contribution in [0.3, 0.4) is 0 Å². The predicted molar refractivity (Wildman–Crippen MR) is 82.8 cm³/mol. The standard InChI is InChI=1S/C15H18F2N6O/c16-15(17)2-5-22(6-3-15)14(24)10-1-4-23(7-10)13-11-12(19-8-18-11)20-9-21-13/h8-10H,1-7H2,(H,18,19,20,21). The number of carbonyl (C=O) groups is 1. The average molecular weight is 336 g/mol. The lowest BCUT2D eigenvalue weighted by atomic mass is 10.0. The number of alkyl halides is 2. The third-order valence-electron chi connectivity index (χ3n) is 4.85. The first-order chi connectivity index (χ1) is 11.5. The van der Waals surface area contributed by atoms with Crippen LogP contribution in [0.5, 0.6) is 0 Å². The smallest absolute Gasteiger partial charge is 0.251 e. The fourth-order valence-corrected chi connectivity index (χ4v) is 3.46. The first kappa shape index (κ1) is 15.2. The van der Waals surface area contributed by atoms with E-state index in [9.17, 15) is 13.6 Å². The summed E-state index contributed by atoms with van der Waals surface area (Å²) in [6.45, 7) is 1.52. The molecule has 0 spiro atoms. The molecule has 0 aromatic carbocycles. The Kier molecular flexibility index (Phi) is 3.58. The number of nitrogens with one attached hydrogen (secondary N) is 1. The molecule has 1 N–H and O–H groups in total. The molecular formula is C15H18F2N6O. The van der Waals surface area contributed by atoms with E-state index in [1.165, 1.54) is 6.33 Å². The molecule has 2 fully saturated rings. The minimum atomic E-state index is -2.63. The van der Waals surface area contributed by atoms with Gasteiger partial charge in [0.05, 0.1) is 12.2 Å². The Labute approximate surface area is 137 Å². The van der Waals surface area contributed by atoms with Crippen molar-refractivity contribution in [3.05, 3.63) is 12.7 Å². The molecule has 4 heterocycles. The van der Waals surface area contributed by atoms with Crippen LogP contribution in [0.25, 0.3) is 11.2 Å². The molecule has 9 heteroatoms. The Hall–Kier alpha value is -2.32. The van der Waals surface area contributed by atoms with E-state index < -0.39 is 5.92 Å². The number of imidazole rings is 1. The largest absolute Gasteiger partial charge is 0.354 e. The lowest BCUT2D eigenvalue weighted by Crippen LogP contribution is -2.45. The summed E-state index contributed by atoms with van der Waals surface area (Å²) in [7, 11) is 0. The lowest BCUT2D eigenvalue weighted by molar-refractivity contribution is -0.140. The summed E-state index contributed by atoms with van der Waals surface area (Å²) in [5.74, 6) is -2.10. The van der Waals surface area contributed by atoms with Crippen LogP contribution in [0.15, 0.2) is 12.7 Å². The van der Waals surface area contributed by atoms with E-state index in [1.807, 2.05) is 4.90 Å². The van der Waals surface area contributed by atoms with Crippen LogP contribution in [-0.4, -0.2) is 62.8 Å². The number of hydrogen-bond acceptors (Lipinski definition) is 5. The highest BCUT2D eigenvalue weighted by Gasteiger charge is 2.39. The van der Waals surface area contributed by atoms with Crippen molar-refractivity contribution in [1.82, 2.24) is 24.8 Å². The molecule has 0 aliphatic carbocycles. The number of anilines is 1. The fraction of sp³-hybridized carbons (Fsp3) is 0.600. The van der Waals surface area contributed by atoms with E-state index in [2.05, 4.69) is 19.9 Å². The number of aromatic nitrogens is 4. The Morgan fingerprint density at radius 3 is 2.79 bits per heavy atom. The monoisotopic (exact) mass is 336 g/mol. The normalized spacial score (nSPS) is 23.8. The predicted octanol–water partition coefficient (Wildman–Crippen LogP) is 1.44. The van der Waals surface area contributed by atoms with E-state index in [1.54, 1.807) is 11.2 Å². The highest BCUT2D eigenvalue weighted by atomic mass is 19.3. The quantitative estimate of drug-likeness (QED) is 0.898. The van der Waals surface area contributed by atoms with Gasteiger partial charge in [0.1, 0.15) is 11.8 Å². The van der Waals surface area contributed by atoms with Crippen LogP contribution in [0.4, 0.5) is 14.6 Å². The topological polar surface area (TPSA) is 78.0 Å². The molecule has 2 aromatic heterocycles. The van der Waals surface area contributed by atoms with Crippen LogP contribution in [0.2, 0.25) is 0 Å². The van der Waals surface area contributed by atoms with E-state index in [0.717, 1.165) is 11.3 Å². The summed E-state index contributed by atoms with van der Waals surface area (Å²) in [5, 5.41) is 0. The molecule has 24 heavy (non-hydrogen) atoms. The number of H-pyrrole nitrogens is 1. The van der Waals surface area contributed by atoms with Crippen molar-refractivity contribution in [2.24, 2.45) is 5.92 Å². The maximum atomic E-state index is 13.2. The average Bonchev–Trinajstić information content (AvgIpc) is 3.23.